The van der Waals surface area contributed by atoms with E-state index in [-0.39, 0.29) is 16.6 Å². The maximum Gasteiger partial charge on any atom is 0.245 e. The Morgan fingerprint density at radius 2 is 2.00 bits per heavy atom. The molecular weight excluding hydrogens is 316 g/mol. The third-order valence-electron chi connectivity index (χ3n) is 2.96. The Hall–Kier alpha value is -0.590. The first-order valence-corrected chi connectivity index (χ1v) is 8.14. The molecule has 0 fully saturated rings. The lowest BCUT2D eigenvalue weighted by Gasteiger charge is -2.26. The van der Waals surface area contributed by atoms with Crippen molar-refractivity contribution >= 4 is 31.6 Å². The number of hydrogen-bond acceptors (Lipinski definition) is 3. The number of anilines is 1. The van der Waals surface area contributed by atoms with Gasteiger partial charge in [0, 0.05) is 17.1 Å². The van der Waals surface area contributed by atoms with Gasteiger partial charge in [0.15, 0.2) is 0 Å². The van der Waals surface area contributed by atoms with Crippen LogP contribution in [0.5, 0.6) is 0 Å². The van der Waals surface area contributed by atoms with Gasteiger partial charge in [0.05, 0.1) is 5.69 Å². The minimum absolute atomic E-state index is 0.0432. The lowest BCUT2D eigenvalue weighted by Crippen LogP contribution is -2.38. The molecule has 1 aromatic rings. The molecule has 18 heavy (non-hydrogen) atoms. The van der Waals surface area contributed by atoms with Crippen LogP contribution >= 0.6 is 15.9 Å². The molecule has 0 aliphatic carbocycles. The second kappa shape index (κ2) is 6.04. The van der Waals surface area contributed by atoms with Crippen molar-refractivity contribution in [2.24, 2.45) is 0 Å². The molecule has 0 aliphatic rings. The fourth-order valence-corrected chi connectivity index (χ4v) is 4.15. The number of nitrogens with two attached hydrogens (primary N) is 1. The summed E-state index contributed by atoms with van der Waals surface area (Å²) in [7, 11) is -3.54. The van der Waals surface area contributed by atoms with Crippen LogP contribution in [-0.2, 0) is 10.0 Å². The van der Waals surface area contributed by atoms with Crippen LogP contribution in [0.4, 0.5) is 5.69 Å². The highest BCUT2D eigenvalue weighted by molar-refractivity contribution is 9.10. The number of rotatable bonds is 5. The maximum absolute atomic E-state index is 12.6. The van der Waals surface area contributed by atoms with Gasteiger partial charge in [0.1, 0.15) is 4.90 Å². The van der Waals surface area contributed by atoms with Crippen LogP contribution < -0.4 is 5.73 Å². The molecule has 4 nitrogen and oxygen atoms in total. The fraction of sp³-hybridized carbons (Fsp3) is 0.500. The number of nitrogen functional groups attached to an aromatic ring is 1. The summed E-state index contributed by atoms with van der Waals surface area (Å²) in [6.45, 7) is 6.13. The van der Waals surface area contributed by atoms with Crippen molar-refractivity contribution in [2.75, 3.05) is 12.3 Å². The Bertz CT molecular complexity index is 517. The van der Waals surface area contributed by atoms with Crippen molar-refractivity contribution in [3.8, 4) is 0 Å². The highest BCUT2D eigenvalue weighted by Gasteiger charge is 2.28. The maximum atomic E-state index is 12.6. The van der Waals surface area contributed by atoms with Crippen molar-refractivity contribution in [1.82, 2.24) is 4.31 Å². The molecular formula is C12H19BrN2O2S. The van der Waals surface area contributed by atoms with Gasteiger partial charge in [-0.25, -0.2) is 8.42 Å². The van der Waals surface area contributed by atoms with Gasteiger partial charge in [-0.3, -0.25) is 0 Å². The first kappa shape index (κ1) is 15.5. The second-order valence-electron chi connectivity index (χ2n) is 4.15. The summed E-state index contributed by atoms with van der Waals surface area (Å²) < 4.78 is 27.3. The average molecular weight is 335 g/mol. The summed E-state index contributed by atoms with van der Waals surface area (Å²) in [5.41, 5.74) is 6.06. The van der Waals surface area contributed by atoms with E-state index in [0.29, 0.717) is 11.0 Å². The zero-order valence-corrected chi connectivity index (χ0v) is 13.3. The molecule has 1 atom stereocenters. The normalized spacial score (nSPS) is 13.8. The molecule has 1 rings (SSSR count). The van der Waals surface area contributed by atoms with Crippen molar-refractivity contribution in [2.45, 2.75) is 38.1 Å². The molecule has 0 saturated carbocycles. The smallest absolute Gasteiger partial charge is 0.245 e. The van der Waals surface area contributed by atoms with Gasteiger partial charge in [-0.05, 0) is 31.5 Å². The summed E-state index contributed by atoms with van der Waals surface area (Å²) in [5.74, 6) is 0. The topological polar surface area (TPSA) is 63.4 Å². The van der Waals surface area contributed by atoms with E-state index in [1.165, 1.54) is 4.31 Å². The van der Waals surface area contributed by atoms with E-state index in [1.807, 2.05) is 20.8 Å². The Kier molecular flexibility index (Phi) is 5.19. The van der Waals surface area contributed by atoms with Gasteiger partial charge in [0.25, 0.3) is 0 Å². The minimum atomic E-state index is -3.54. The SMILES string of the molecule is CCC(C)N(CC)S(=O)(=O)c1cc(Br)ccc1N. The van der Waals surface area contributed by atoms with E-state index in [2.05, 4.69) is 15.9 Å². The van der Waals surface area contributed by atoms with Crippen molar-refractivity contribution in [1.29, 1.82) is 0 Å². The number of hydrogen-bond donors (Lipinski definition) is 1. The summed E-state index contributed by atoms with van der Waals surface area (Å²) in [6.07, 6.45) is 0.765. The average Bonchev–Trinajstić information content (AvgIpc) is 2.32. The van der Waals surface area contributed by atoms with E-state index in [0.717, 1.165) is 6.42 Å². The fourth-order valence-electron chi connectivity index (χ4n) is 1.78. The molecule has 102 valence electrons. The Labute approximate surface area is 117 Å². The molecule has 0 aromatic heterocycles. The van der Waals surface area contributed by atoms with Gasteiger partial charge < -0.3 is 5.73 Å². The van der Waals surface area contributed by atoms with Gasteiger partial charge in [-0.2, -0.15) is 4.31 Å². The number of benzene rings is 1. The van der Waals surface area contributed by atoms with E-state index < -0.39 is 10.0 Å². The Morgan fingerprint density at radius 1 is 1.39 bits per heavy atom. The van der Waals surface area contributed by atoms with Crippen molar-refractivity contribution < 1.29 is 8.42 Å². The lowest BCUT2D eigenvalue weighted by atomic mass is 10.3. The molecule has 0 spiro atoms. The van der Waals surface area contributed by atoms with Crippen LogP contribution in [0.15, 0.2) is 27.6 Å². The molecule has 6 heteroatoms. The van der Waals surface area contributed by atoms with Gasteiger partial charge in [-0.1, -0.05) is 29.8 Å². The van der Waals surface area contributed by atoms with Crippen molar-refractivity contribution in [3.63, 3.8) is 0 Å². The molecule has 0 bridgehead atoms. The molecule has 2 N–H and O–H groups in total. The number of nitrogens with zero attached hydrogens (tertiary/aromatic N) is 1. The predicted octanol–water partition coefficient (Wildman–Crippen LogP) is 2.84. The largest absolute Gasteiger partial charge is 0.398 e. The first-order valence-electron chi connectivity index (χ1n) is 5.91. The first-order chi connectivity index (χ1) is 8.34. The standard InChI is InChI=1S/C12H19BrN2O2S/c1-4-9(3)15(5-2)18(16,17)12-8-10(13)6-7-11(12)14/h6-9H,4-5,14H2,1-3H3. The van der Waals surface area contributed by atoms with Crippen LogP contribution in [0, 0.1) is 0 Å². The molecule has 0 radical (unpaired) electrons. The molecule has 0 amide bonds. The van der Waals surface area contributed by atoms with Crippen LogP contribution in [-0.4, -0.2) is 25.3 Å². The predicted molar refractivity (Wildman–Crippen MR) is 77.9 cm³/mol. The highest BCUT2D eigenvalue weighted by atomic mass is 79.9. The Balaban J connectivity index is 3.31. The van der Waals surface area contributed by atoms with Crippen LogP contribution in [0.25, 0.3) is 0 Å². The van der Waals surface area contributed by atoms with Gasteiger partial charge >= 0.3 is 0 Å². The van der Waals surface area contributed by atoms with Gasteiger partial charge in [-0.15, -0.1) is 0 Å². The third kappa shape index (κ3) is 3.05. The van der Waals surface area contributed by atoms with Crippen molar-refractivity contribution in [3.05, 3.63) is 22.7 Å². The second-order valence-corrected chi connectivity index (χ2v) is 6.92. The van der Waals surface area contributed by atoms with E-state index in [9.17, 15) is 8.42 Å². The van der Waals surface area contributed by atoms with Gasteiger partial charge in [0.2, 0.25) is 10.0 Å². The Morgan fingerprint density at radius 3 is 2.50 bits per heavy atom. The molecule has 0 heterocycles. The van der Waals surface area contributed by atoms with Crippen LogP contribution in [0.2, 0.25) is 0 Å². The van der Waals surface area contributed by atoms with E-state index in [4.69, 9.17) is 5.73 Å². The highest BCUT2D eigenvalue weighted by Crippen LogP contribution is 2.27. The van der Waals surface area contributed by atoms with Crippen LogP contribution in [0.3, 0.4) is 0 Å². The summed E-state index contributed by atoms with van der Waals surface area (Å²) in [4.78, 5) is 0.166. The van der Waals surface area contributed by atoms with Crippen LogP contribution in [0.1, 0.15) is 27.2 Å². The van der Waals surface area contributed by atoms with E-state index in [1.54, 1.807) is 18.2 Å². The molecule has 0 saturated heterocycles. The third-order valence-corrected chi connectivity index (χ3v) is 5.59. The number of sulfonamides is 1. The monoisotopic (exact) mass is 334 g/mol. The summed E-state index contributed by atoms with van der Waals surface area (Å²) in [6, 6.07) is 4.84. The summed E-state index contributed by atoms with van der Waals surface area (Å²) >= 11 is 3.28. The van der Waals surface area contributed by atoms with E-state index >= 15 is 0 Å². The molecule has 1 unspecified atom stereocenters. The zero-order chi connectivity index (χ0) is 13.9. The minimum Gasteiger partial charge on any atom is -0.398 e. The summed E-state index contributed by atoms with van der Waals surface area (Å²) in [5, 5.41) is 0. The lowest BCUT2D eigenvalue weighted by molar-refractivity contribution is 0.342. The quantitative estimate of drug-likeness (QED) is 0.842. The molecule has 0 aliphatic heterocycles. The number of halogens is 1. The molecule has 1 aromatic carbocycles. The zero-order valence-electron chi connectivity index (χ0n) is 10.9.